The lowest BCUT2D eigenvalue weighted by Gasteiger charge is -2.27. The molecule has 0 radical (unpaired) electrons. The maximum absolute atomic E-state index is 13.2. The second-order valence-corrected chi connectivity index (χ2v) is 11.3. The van der Waals surface area contributed by atoms with Gasteiger partial charge in [-0.15, -0.1) is 0 Å². The lowest BCUT2D eigenvalue weighted by molar-refractivity contribution is -0.138. The number of carbonyl (C=O) groups excluding carboxylic acids is 7. The number of nitrogens with one attached hydrogen (secondary N) is 2. The Bertz CT molecular complexity index is 1400. The van der Waals surface area contributed by atoms with Gasteiger partial charge in [0, 0.05) is 31.6 Å². The summed E-state index contributed by atoms with van der Waals surface area (Å²) in [5.74, 6) is -3.40. The van der Waals surface area contributed by atoms with Gasteiger partial charge in [0.2, 0.25) is 17.7 Å². The molecule has 0 spiro atoms. The van der Waals surface area contributed by atoms with Crippen molar-refractivity contribution in [3.8, 4) is 0 Å². The molecule has 0 bridgehead atoms. The van der Waals surface area contributed by atoms with Gasteiger partial charge in [-0.05, 0) is 31.4 Å². The fourth-order valence-corrected chi connectivity index (χ4v) is 5.29. The van der Waals surface area contributed by atoms with Crippen molar-refractivity contribution in [2.24, 2.45) is 0 Å². The summed E-state index contributed by atoms with van der Waals surface area (Å²) in [5.41, 5.74) is 0.362. The molecular weight excluding hydrogens is 644 g/mol. The third-order valence-corrected chi connectivity index (χ3v) is 7.78. The van der Waals surface area contributed by atoms with Crippen LogP contribution in [0.5, 0.6) is 0 Å². The number of imide groups is 3. The second-order valence-electron chi connectivity index (χ2n) is 11.3. The van der Waals surface area contributed by atoms with E-state index in [0.717, 1.165) is 22.6 Å². The molecule has 16 nitrogen and oxygen atoms in total. The molecule has 3 aliphatic heterocycles. The van der Waals surface area contributed by atoms with E-state index in [1.165, 1.54) is 18.2 Å². The van der Waals surface area contributed by atoms with Gasteiger partial charge >= 0.3 is 0 Å². The first kappa shape index (κ1) is 37.5. The lowest BCUT2D eigenvalue weighted by Crippen LogP contribution is -2.54. The summed E-state index contributed by atoms with van der Waals surface area (Å²) in [5, 5.41) is 4.88. The number of hydrogen-bond donors (Lipinski definition) is 2. The molecule has 3 heterocycles. The zero-order valence-electron chi connectivity index (χ0n) is 27.3. The van der Waals surface area contributed by atoms with Gasteiger partial charge in [-0.2, -0.15) is 0 Å². The Morgan fingerprint density at radius 3 is 1.94 bits per heavy atom. The first-order valence-corrected chi connectivity index (χ1v) is 16.3. The standard InChI is InChI=1S/C33H42N4O12/c38-26(34-24-6-4-5-23-30(24)33(44)37(32(23)43)25-8-9-27(39)35-31(25)42)7-2-1-3-13-45-15-17-47-19-21-49-22-20-48-18-16-46-14-12-36-28(40)10-11-29(36)41/h4-6,10-11,25H,1-3,7-9,12-22H2,(H,34,38)(H,35,39,42). The first-order valence-electron chi connectivity index (χ1n) is 16.3. The van der Waals surface area contributed by atoms with Crippen molar-refractivity contribution in [3.63, 3.8) is 0 Å². The molecule has 266 valence electrons. The Labute approximate surface area is 283 Å². The van der Waals surface area contributed by atoms with Crippen molar-refractivity contribution in [1.82, 2.24) is 15.1 Å². The summed E-state index contributed by atoms with van der Waals surface area (Å²) in [6.07, 6.45) is 4.88. The number of ether oxygens (including phenoxy) is 5. The fraction of sp³-hybridized carbons (Fsp3) is 0.545. The predicted octanol–water partition coefficient (Wildman–Crippen LogP) is 0.595. The Hall–Kier alpha value is -4.35. The first-order chi connectivity index (χ1) is 23.8. The van der Waals surface area contributed by atoms with E-state index in [2.05, 4.69) is 10.6 Å². The summed E-state index contributed by atoms with van der Waals surface area (Å²) in [7, 11) is 0. The van der Waals surface area contributed by atoms with Gasteiger partial charge in [-0.25, -0.2) is 0 Å². The smallest absolute Gasteiger partial charge is 0.264 e. The number of anilines is 1. The van der Waals surface area contributed by atoms with Crippen LogP contribution in [0.25, 0.3) is 0 Å². The van der Waals surface area contributed by atoms with Gasteiger partial charge in [0.25, 0.3) is 23.6 Å². The van der Waals surface area contributed by atoms with E-state index in [1.807, 2.05) is 0 Å². The number of rotatable bonds is 23. The SMILES string of the molecule is O=C1CCC(N2C(=O)c3cccc(NC(=O)CCCCCOCCOCCOCCOCCOCCN4C(=O)C=CC4=O)c3C2=O)C(=O)N1. The van der Waals surface area contributed by atoms with Gasteiger partial charge in [0.05, 0.1) is 82.8 Å². The van der Waals surface area contributed by atoms with E-state index < -0.39 is 29.7 Å². The number of nitrogens with zero attached hydrogens (tertiary/aromatic N) is 2. The molecule has 4 rings (SSSR count). The highest BCUT2D eigenvalue weighted by atomic mass is 16.6. The van der Waals surface area contributed by atoms with Gasteiger partial charge < -0.3 is 29.0 Å². The Kier molecular flexibility index (Phi) is 15.0. The van der Waals surface area contributed by atoms with Crippen molar-refractivity contribution in [2.45, 2.75) is 44.6 Å². The molecule has 1 aromatic carbocycles. The molecule has 1 saturated heterocycles. The van der Waals surface area contributed by atoms with E-state index in [9.17, 15) is 33.6 Å². The minimum atomic E-state index is -1.08. The van der Waals surface area contributed by atoms with E-state index in [1.54, 1.807) is 12.1 Å². The molecule has 0 aromatic heterocycles. The molecule has 0 saturated carbocycles. The van der Waals surface area contributed by atoms with E-state index >= 15 is 0 Å². The molecule has 1 atom stereocenters. The van der Waals surface area contributed by atoms with E-state index in [0.29, 0.717) is 65.9 Å². The van der Waals surface area contributed by atoms with Crippen LogP contribution in [0, 0.1) is 0 Å². The van der Waals surface area contributed by atoms with Crippen molar-refractivity contribution >= 4 is 47.0 Å². The highest BCUT2D eigenvalue weighted by molar-refractivity contribution is 6.26. The summed E-state index contributed by atoms with van der Waals surface area (Å²) in [6.45, 7) is 4.23. The maximum atomic E-state index is 13.2. The van der Waals surface area contributed by atoms with Gasteiger partial charge in [0.1, 0.15) is 6.04 Å². The number of piperidine rings is 1. The number of unbranched alkanes of at least 4 members (excludes halogenated alkanes) is 2. The zero-order valence-corrected chi connectivity index (χ0v) is 27.3. The van der Waals surface area contributed by atoms with Crippen molar-refractivity contribution in [2.75, 3.05) is 77.9 Å². The van der Waals surface area contributed by atoms with Crippen molar-refractivity contribution < 1.29 is 57.2 Å². The maximum Gasteiger partial charge on any atom is 0.264 e. The van der Waals surface area contributed by atoms with Crippen LogP contribution in [0.1, 0.15) is 59.2 Å². The zero-order chi connectivity index (χ0) is 35.0. The fourth-order valence-electron chi connectivity index (χ4n) is 5.29. The summed E-state index contributed by atoms with van der Waals surface area (Å²) in [6, 6.07) is 3.50. The second kappa shape index (κ2) is 19.6. The molecule has 49 heavy (non-hydrogen) atoms. The van der Waals surface area contributed by atoms with Crippen LogP contribution >= 0.6 is 0 Å². The van der Waals surface area contributed by atoms with Crippen LogP contribution in [0.4, 0.5) is 5.69 Å². The summed E-state index contributed by atoms with van der Waals surface area (Å²) in [4.78, 5) is 87.3. The van der Waals surface area contributed by atoms with Crippen LogP contribution < -0.4 is 10.6 Å². The third-order valence-electron chi connectivity index (χ3n) is 7.78. The Morgan fingerprint density at radius 1 is 0.735 bits per heavy atom. The third kappa shape index (κ3) is 11.1. The average molecular weight is 687 g/mol. The number of amides is 7. The lowest BCUT2D eigenvalue weighted by atomic mass is 10.0. The normalized spacial score (nSPS) is 17.3. The van der Waals surface area contributed by atoms with Gasteiger partial charge in [-0.3, -0.25) is 48.7 Å². The molecule has 16 heteroatoms. The molecule has 1 unspecified atom stereocenters. The summed E-state index contributed by atoms with van der Waals surface area (Å²) >= 11 is 0. The number of benzene rings is 1. The molecule has 1 fully saturated rings. The minimum absolute atomic E-state index is 0.0245. The number of carbonyl (C=O) groups is 7. The predicted molar refractivity (Wildman–Crippen MR) is 170 cm³/mol. The van der Waals surface area contributed by atoms with Crippen LogP contribution in [-0.2, 0) is 47.7 Å². The van der Waals surface area contributed by atoms with Crippen LogP contribution in [0.3, 0.4) is 0 Å². The van der Waals surface area contributed by atoms with E-state index in [4.69, 9.17) is 23.7 Å². The molecule has 2 N–H and O–H groups in total. The Balaban J connectivity index is 0.945. The minimum Gasteiger partial charge on any atom is -0.379 e. The molecule has 7 amide bonds. The molecular formula is C33H42N4O12. The molecule has 3 aliphatic rings. The van der Waals surface area contributed by atoms with Crippen LogP contribution in [0.15, 0.2) is 30.4 Å². The van der Waals surface area contributed by atoms with E-state index in [-0.39, 0.29) is 66.9 Å². The van der Waals surface area contributed by atoms with Gasteiger partial charge in [0.15, 0.2) is 0 Å². The molecule has 1 aromatic rings. The van der Waals surface area contributed by atoms with Crippen LogP contribution in [-0.4, -0.2) is 130 Å². The largest absolute Gasteiger partial charge is 0.379 e. The van der Waals surface area contributed by atoms with Crippen LogP contribution in [0.2, 0.25) is 0 Å². The highest BCUT2D eigenvalue weighted by Gasteiger charge is 2.45. The highest BCUT2D eigenvalue weighted by Crippen LogP contribution is 2.32. The Morgan fingerprint density at radius 2 is 1.33 bits per heavy atom. The number of fused-ring (bicyclic) bond motifs is 1. The topological polar surface area (TPSA) is 196 Å². The van der Waals surface area contributed by atoms with Crippen molar-refractivity contribution in [1.29, 1.82) is 0 Å². The monoisotopic (exact) mass is 686 g/mol. The molecule has 0 aliphatic carbocycles. The number of hydrogen-bond acceptors (Lipinski definition) is 12. The van der Waals surface area contributed by atoms with Gasteiger partial charge in [-0.1, -0.05) is 12.5 Å². The van der Waals surface area contributed by atoms with Crippen molar-refractivity contribution in [3.05, 3.63) is 41.5 Å². The summed E-state index contributed by atoms with van der Waals surface area (Å²) < 4.78 is 27.2. The quantitative estimate of drug-likeness (QED) is 0.120. The average Bonchev–Trinajstić information content (AvgIpc) is 3.53.